The topological polar surface area (TPSA) is 40.6 Å². The van der Waals surface area contributed by atoms with Crippen LogP contribution in [0.2, 0.25) is 0 Å². The fourth-order valence-corrected chi connectivity index (χ4v) is 3.82. The third-order valence-corrected chi connectivity index (χ3v) is 5.95. The van der Waals surface area contributed by atoms with E-state index >= 15 is 0 Å². The number of hydrogen-bond donors (Lipinski definition) is 0. The average molecular weight is 344 g/mol. The Bertz CT molecular complexity index is 821. The summed E-state index contributed by atoms with van der Waals surface area (Å²) < 4.78 is 23.1. The summed E-state index contributed by atoms with van der Waals surface area (Å²) >= 11 is 0. The first-order valence-electron chi connectivity index (χ1n) is 8.22. The Kier molecular flexibility index (Phi) is 4.54. The van der Waals surface area contributed by atoms with Gasteiger partial charge >= 0.3 is 0 Å². The van der Waals surface area contributed by atoms with E-state index in [-0.39, 0.29) is 0 Å². The van der Waals surface area contributed by atoms with E-state index in [1.165, 1.54) is 23.1 Å². The predicted octanol–water partition coefficient (Wildman–Crippen LogP) is 3.03. The zero-order chi connectivity index (χ0) is 17.3. The smallest absolute Gasteiger partial charge is 0.175 e. The van der Waals surface area contributed by atoms with Crippen LogP contribution >= 0.6 is 0 Å². The van der Waals surface area contributed by atoms with Crippen molar-refractivity contribution in [2.24, 2.45) is 0 Å². The molecule has 2 aromatic carbocycles. The second kappa shape index (κ2) is 6.48. The molecule has 0 atom stereocenters. The molecule has 0 N–H and O–H groups in total. The molecular weight excluding hydrogens is 320 g/mol. The van der Waals surface area contributed by atoms with Gasteiger partial charge in [0.25, 0.3) is 0 Å². The number of aryl methyl sites for hydroxylation is 1. The molecule has 0 spiro atoms. The fourth-order valence-electron chi connectivity index (χ4n) is 3.19. The molecule has 1 aliphatic heterocycles. The largest absolute Gasteiger partial charge is 0.368 e. The van der Waals surface area contributed by atoms with Crippen molar-refractivity contribution in [1.82, 2.24) is 0 Å². The molecule has 0 aliphatic carbocycles. The monoisotopic (exact) mass is 344 g/mol. The summed E-state index contributed by atoms with van der Waals surface area (Å²) in [5, 5.41) is 0. The van der Waals surface area contributed by atoms with Gasteiger partial charge in [-0.1, -0.05) is 12.1 Å². The van der Waals surface area contributed by atoms with E-state index < -0.39 is 9.84 Å². The SMILES string of the molecule is Cc1cccc(N2CCN(c3ccc(S(C)(=O)=O)cc3)CC2)c1C. The Morgan fingerprint density at radius 1 is 0.833 bits per heavy atom. The van der Waals surface area contributed by atoms with Crippen LogP contribution in [0.1, 0.15) is 11.1 Å². The lowest BCUT2D eigenvalue weighted by molar-refractivity contribution is 0.602. The van der Waals surface area contributed by atoms with Gasteiger partial charge in [-0.05, 0) is 55.3 Å². The molecule has 5 heteroatoms. The Hall–Kier alpha value is -2.01. The number of rotatable bonds is 3. The van der Waals surface area contributed by atoms with Crippen molar-refractivity contribution in [3.8, 4) is 0 Å². The van der Waals surface area contributed by atoms with Gasteiger partial charge in [-0.3, -0.25) is 0 Å². The predicted molar refractivity (Wildman–Crippen MR) is 99.9 cm³/mol. The molecule has 0 amide bonds. The number of anilines is 2. The van der Waals surface area contributed by atoms with Gasteiger partial charge in [0.1, 0.15) is 0 Å². The van der Waals surface area contributed by atoms with Gasteiger partial charge in [-0.15, -0.1) is 0 Å². The highest BCUT2D eigenvalue weighted by Crippen LogP contribution is 2.25. The zero-order valence-corrected chi connectivity index (χ0v) is 15.3. The first kappa shape index (κ1) is 16.8. The molecule has 128 valence electrons. The molecule has 4 nitrogen and oxygen atoms in total. The summed E-state index contributed by atoms with van der Waals surface area (Å²) in [4.78, 5) is 5.12. The van der Waals surface area contributed by atoms with E-state index in [1.54, 1.807) is 12.1 Å². The Morgan fingerprint density at radius 2 is 1.42 bits per heavy atom. The number of piperazine rings is 1. The van der Waals surface area contributed by atoms with Crippen LogP contribution in [0.25, 0.3) is 0 Å². The van der Waals surface area contributed by atoms with Gasteiger partial charge in [-0.25, -0.2) is 8.42 Å². The van der Waals surface area contributed by atoms with Crippen LogP contribution in [-0.4, -0.2) is 40.9 Å². The van der Waals surface area contributed by atoms with E-state index in [0.29, 0.717) is 4.90 Å². The summed E-state index contributed by atoms with van der Waals surface area (Å²) in [6, 6.07) is 13.7. The van der Waals surface area contributed by atoms with Gasteiger partial charge in [0, 0.05) is 43.8 Å². The summed E-state index contributed by atoms with van der Waals surface area (Å²) in [5.74, 6) is 0. The molecule has 1 heterocycles. The van der Waals surface area contributed by atoms with Gasteiger partial charge in [0.05, 0.1) is 4.90 Å². The van der Waals surface area contributed by atoms with Crippen molar-refractivity contribution >= 4 is 21.2 Å². The first-order valence-corrected chi connectivity index (χ1v) is 10.1. The summed E-state index contributed by atoms with van der Waals surface area (Å²) in [5.41, 5.74) is 5.08. The minimum Gasteiger partial charge on any atom is -0.368 e. The van der Waals surface area contributed by atoms with Gasteiger partial charge in [-0.2, -0.15) is 0 Å². The third kappa shape index (κ3) is 3.41. The van der Waals surface area contributed by atoms with E-state index in [2.05, 4.69) is 41.8 Å². The van der Waals surface area contributed by atoms with Crippen LogP contribution in [0.4, 0.5) is 11.4 Å². The number of sulfone groups is 1. The van der Waals surface area contributed by atoms with Gasteiger partial charge in [0.15, 0.2) is 9.84 Å². The van der Waals surface area contributed by atoms with Crippen molar-refractivity contribution < 1.29 is 8.42 Å². The lowest BCUT2D eigenvalue weighted by Crippen LogP contribution is -2.46. The molecule has 1 fully saturated rings. The van der Waals surface area contributed by atoms with Crippen LogP contribution < -0.4 is 9.80 Å². The second-order valence-corrected chi connectivity index (χ2v) is 8.47. The molecule has 0 unspecified atom stereocenters. The summed E-state index contributed by atoms with van der Waals surface area (Å²) in [6.45, 7) is 8.15. The molecule has 0 aromatic heterocycles. The van der Waals surface area contributed by atoms with Crippen molar-refractivity contribution in [3.63, 3.8) is 0 Å². The quantitative estimate of drug-likeness (QED) is 0.858. The lowest BCUT2D eigenvalue weighted by Gasteiger charge is -2.38. The highest BCUT2D eigenvalue weighted by molar-refractivity contribution is 7.90. The van der Waals surface area contributed by atoms with Gasteiger partial charge in [0.2, 0.25) is 0 Å². The second-order valence-electron chi connectivity index (χ2n) is 6.46. The summed E-state index contributed by atoms with van der Waals surface area (Å²) in [7, 11) is -3.13. The highest BCUT2D eigenvalue weighted by Gasteiger charge is 2.19. The maximum absolute atomic E-state index is 11.6. The van der Waals surface area contributed by atoms with Gasteiger partial charge < -0.3 is 9.80 Å². The van der Waals surface area contributed by atoms with Crippen molar-refractivity contribution in [2.75, 3.05) is 42.2 Å². The molecule has 24 heavy (non-hydrogen) atoms. The Morgan fingerprint density at radius 3 is 2.00 bits per heavy atom. The minimum absolute atomic E-state index is 0.375. The fraction of sp³-hybridized carbons (Fsp3) is 0.368. The highest BCUT2D eigenvalue weighted by atomic mass is 32.2. The van der Waals surface area contributed by atoms with Crippen LogP contribution in [0.15, 0.2) is 47.4 Å². The Labute approximate surface area is 144 Å². The molecule has 2 aromatic rings. The molecular formula is C19H24N2O2S. The number of benzene rings is 2. The molecule has 1 aliphatic rings. The molecule has 0 saturated carbocycles. The van der Waals surface area contributed by atoms with Crippen LogP contribution in [0, 0.1) is 13.8 Å². The normalized spacial score (nSPS) is 15.6. The average Bonchev–Trinajstić information content (AvgIpc) is 2.57. The van der Waals surface area contributed by atoms with E-state index in [4.69, 9.17) is 0 Å². The van der Waals surface area contributed by atoms with Crippen molar-refractivity contribution in [2.45, 2.75) is 18.7 Å². The number of nitrogens with zero attached hydrogens (tertiary/aromatic N) is 2. The minimum atomic E-state index is -3.13. The molecule has 1 saturated heterocycles. The van der Waals surface area contributed by atoms with Crippen LogP contribution in [0.3, 0.4) is 0 Å². The van der Waals surface area contributed by atoms with Crippen molar-refractivity contribution in [3.05, 3.63) is 53.6 Å². The van der Waals surface area contributed by atoms with E-state index in [9.17, 15) is 8.42 Å². The molecule has 0 bridgehead atoms. The van der Waals surface area contributed by atoms with E-state index in [1.807, 2.05) is 12.1 Å². The van der Waals surface area contributed by atoms with Crippen molar-refractivity contribution in [1.29, 1.82) is 0 Å². The Balaban J connectivity index is 1.70. The number of hydrogen-bond acceptors (Lipinski definition) is 4. The standard InChI is InChI=1S/C19H24N2O2S/c1-15-5-4-6-19(16(15)2)21-13-11-20(12-14-21)17-7-9-18(10-8-17)24(3,22)23/h4-10H,11-14H2,1-3H3. The van der Waals surface area contributed by atoms with Crippen LogP contribution in [0.5, 0.6) is 0 Å². The lowest BCUT2D eigenvalue weighted by atomic mass is 10.1. The zero-order valence-electron chi connectivity index (χ0n) is 14.5. The summed E-state index contributed by atoms with van der Waals surface area (Å²) in [6.07, 6.45) is 1.24. The van der Waals surface area contributed by atoms with E-state index in [0.717, 1.165) is 31.9 Å². The molecule has 0 radical (unpaired) electrons. The first-order chi connectivity index (χ1) is 11.4. The molecule has 3 rings (SSSR count). The van der Waals surface area contributed by atoms with Crippen LogP contribution in [-0.2, 0) is 9.84 Å². The third-order valence-electron chi connectivity index (χ3n) is 4.83. The maximum Gasteiger partial charge on any atom is 0.175 e. The maximum atomic E-state index is 11.6.